The Hall–Kier alpha value is -0.477. The molecule has 0 aliphatic rings. The van der Waals surface area contributed by atoms with Crippen molar-refractivity contribution in [1.82, 2.24) is 5.32 Å². The molecule has 0 atom stereocenters. The summed E-state index contributed by atoms with van der Waals surface area (Å²) >= 11 is 0. The van der Waals surface area contributed by atoms with Crippen LogP contribution >= 0.6 is 0 Å². The predicted octanol–water partition coefficient (Wildman–Crippen LogP) is -0.560. The molecule has 0 aromatic heterocycles. The second-order valence-electron chi connectivity index (χ2n) is 3.81. The molecule has 6 heteroatoms. The summed E-state index contributed by atoms with van der Waals surface area (Å²) in [6, 6.07) is 0. The molecule has 0 unspecified atom stereocenters. The van der Waals surface area contributed by atoms with Gasteiger partial charge in [0.05, 0.1) is 5.97 Å². The van der Waals surface area contributed by atoms with Crippen LogP contribution in [0.4, 0.5) is 0 Å². The fraction of sp³-hybridized carbons (Fsp3) is 0.833. The topological polar surface area (TPSA) is 92.3 Å². The molecule has 18 heavy (non-hydrogen) atoms. The molecule has 0 radical (unpaired) electrons. The van der Waals surface area contributed by atoms with Crippen LogP contribution in [0.5, 0.6) is 0 Å². The zero-order valence-corrected chi connectivity index (χ0v) is 14.5. The van der Waals surface area contributed by atoms with Gasteiger partial charge in [0.25, 0.3) is 0 Å². The average molecular weight is 311 g/mol. The van der Waals surface area contributed by atoms with Crippen LogP contribution in [0, 0.1) is 0 Å². The zero-order valence-electron chi connectivity index (χ0n) is 11.5. The van der Waals surface area contributed by atoms with Gasteiger partial charge in [0.2, 0.25) is 0 Å². The number of aliphatic carboxylic acids is 2. The molecule has 0 fully saturated rings. The first kappa shape index (κ1) is 22.7. The third-order valence-corrected chi connectivity index (χ3v) is 1.98. The maximum Gasteiger partial charge on any atom is 2.00 e. The smallest absolute Gasteiger partial charge is 0.550 e. The molecule has 0 saturated heterocycles. The van der Waals surface area contributed by atoms with Crippen molar-refractivity contribution in [2.45, 2.75) is 52.4 Å². The van der Waals surface area contributed by atoms with E-state index >= 15 is 0 Å². The van der Waals surface area contributed by atoms with Crippen molar-refractivity contribution in [2.24, 2.45) is 0 Å². The van der Waals surface area contributed by atoms with E-state index in [2.05, 4.69) is 12.2 Å². The molecule has 0 spiro atoms. The van der Waals surface area contributed by atoms with E-state index in [0.29, 0.717) is 0 Å². The summed E-state index contributed by atoms with van der Waals surface area (Å²) in [5.41, 5.74) is 0. The van der Waals surface area contributed by atoms with E-state index in [9.17, 15) is 9.90 Å². The molecule has 5 nitrogen and oxygen atoms in total. The summed E-state index contributed by atoms with van der Waals surface area (Å²) < 4.78 is 0. The first-order chi connectivity index (χ1) is 8.00. The molecule has 0 aromatic rings. The fourth-order valence-corrected chi connectivity index (χ4v) is 1.22. The van der Waals surface area contributed by atoms with Gasteiger partial charge >= 0.3 is 19.5 Å². The van der Waals surface area contributed by atoms with Gasteiger partial charge in [-0.05, 0) is 19.9 Å². The third kappa shape index (κ3) is 36.1. The van der Waals surface area contributed by atoms with Crippen LogP contribution in [-0.2, 0) is 29.1 Å². The standard InChI is InChI=1S/C10H21NO2.C2H4O2.Zn/c1-2-3-4-5-6-7-8-11-9-10(12)13;1-2(3)4;/h11H,2-9H2,1H3,(H,12,13);1H3,(H,3,4);/q;;+2/p-2. The number of unbranched alkanes of at least 4 members (excludes halogenated alkanes) is 5. The van der Waals surface area contributed by atoms with Crippen molar-refractivity contribution in [3.05, 3.63) is 0 Å². The van der Waals surface area contributed by atoms with Crippen molar-refractivity contribution in [3.63, 3.8) is 0 Å². The normalized spacial score (nSPS) is 8.78. The number of rotatable bonds is 9. The number of carbonyl (C=O) groups excluding carboxylic acids is 2. The van der Waals surface area contributed by atoms with Gasteiger partial charge < -0.3 is 25.1 Å². The van der Waals surface area contributed by atoms with Crippen LogP contribution in [0.1, 0.15) is 52.4 Å². The number of hydrogen-bond acceptors (Lipinski definition) is 5. The monoisotopic (exact) mass is 309 g/mol. The Labute approximate surface area is 122 Å². The van der Waals surface area contributed by atoms with E-state index < -0.39 is 11.9 Å². The Morgan fingerprint density at radius 1 is 1.00 bits per heavy atom. The fourth-order valence-electron chi connectivity index (χ4n) is 1.22. The Morgan fingerprint density at radius 3 is 1.89 bits per heavy atom. The summed E-state index contributed by atoms with van der Waals surface area (Å²) in [5.74, 6) is -2.11. The Balaban J connectivity index is -0.000000392. The molecular formula is C12H23NO4Zn. The van der Waals surface area contributed by atoms with Crippen LogP contribution in [-0.4, -0.2) is 25.0 Å². The Kier molecular flexibility index (Phi) is 23.8. The largest absolute Gasteiger partial charge is 2.00 e. The minimum Gasteiger partial charge on any atom is -0.550 e. The van der Waals surface area contributed by atoms with Crippen LogP contribution in [0.25, 0.3) is 0 Å². The third-order valence-electron chi connectivity index (χ3n) is 1.98. The van der Waals surface area contributed by atoms with Crippen molar-refractivity contribution < 1.29 is 39.3 Å². The first-order valence-corrected chi connectivity index (χ1v) is 6.08. The van der Waals surface area contributed by atoms with Crippen LogP contribution in [0.2, 0.25) is 0 Å². The first-order valence-electron chi connectivity index (χ1n) is 6.08. The molecule has 0 rings (SSSR count). The molecule has 102 valence electrons. The van der Waals surface area contributed by atoms with Gasteiger partial charge in [-0.15, -0.1) is 0 Å². The SMILES string of the molecule is CC(=O)[O-].CCCCCCCCNCC(=O)[O-].[Zn+2]. The van der Waals surface area contributed by atoms with E-state index in [-0.39, 0.29) is 26.0 Å². The molecule has 0 bridgehead atoms. The van der Waals surface area contributed by atoms with Crippen molar-refractivity contribution in [2.75, 3.05) is 13.1 Å². The number of carbonyl (C=O) groups is 2. The summed E-state index contributed by atoms with van der Waals surface area (Å²) in [6.45, 7) is 3.94. The average Bonchev–Trinajstić information content (AvgIpc) is 2.21. The van der Waals surface area contributed by atoms with E-state index in [1.54, 1.807) is 0 Å². The summed E-state index contributed by atoms with van der Waals surface area (Å²) in [6.07, 6.45) is 7.41. The number of nitrogens with one attached hydrogen (secondary N) is 1. The van der Waals surface area contributed by atoms with Gasteiger partial charge in [-0.2, -0.15) is 0 Å². The molecule has 0 saturated carbocycles. The van der Waals surface area contributed by atoms with Gasteiger partial charge in [-0.25, -0.2) is 0 Å². The van der Waals surface area contributed by atoms with E-state index in [4.69, 9.17) is 9.90 Å². The Morgan fingerprint density at radius 2 is 1.44 bits per heavy atom. The van der Waals surface area contributed by atoms with Crippen molar-refractivity contribution in [1.29, 1.82) is 0 Å². The summed E-state index contributed by atoms with van der Waals surface area (Å²) in [7, 11) is 0. The number of hydrogen-bond donors (Lipinski definition) is 1. The second kappa shape index (κ2) is 18.9. The molecule has 1 N–H and O–H groups in total. The van der Waals surface area contributed by atoms with Gasteiger partial charge in [0, 0.05) is 12.5 Å². The van der Waals surface area contributed by atoms with Crippen LogP contribution in [0.3, 0.4) is 0 Å². The predicted molar refractivity (Wildman–Crippen MR) is 61.9 cm³/mol. The van der Waals surface area contributed by atoms with E-state index in [1.807, 2.05) is 0 Å². The molecule has 0 amide bonds. The Bertz CT molecular complexity index is 197. The van der Waals surface area contributed by atoms with Crippen molar-refractivity contribution in [3.8, 4) is 0 Å². The molecule has 0 aliphatic carbocycles. The van der Waals surface area contributed by atoms with Gasteiger partial charge in [0.1, 0.15) is 0 Å². The second-order valence-corrected chi connectivity index (χ2v) is 3.81. The number of carboxylic acid groups (broad SMARTS) is 2. The molecule has 0 aromatic carbocycles. The minimum absolute atomic E-state index is 0. The maximum absolute atomic E-state index is 10.00. The van der Waals surface area contributed by atoms with Crippen LogP contribution in [0.15, 0.2) is 0 Å². The summed E-state index contributed by atoms with van der Waals surface area (Å²) in [4.78, 5) is 18.9. The van der Waals surface area contributed by atoms with Crippen LogP contribution < -0.4 is 15.5 Å². The van der Waals surface area contributed by atoms with Gasteiger partial charge in [-0.1, -0.05) is 39.0 Å². The summed E-state index contributed by atoms with van der Waals surface area (Å²) in [5, 5.41) is 21.7. The van der Waals surface area contributed by atoms with Gasteiger partial charge in [0.15, 0.2) is 0 Å². The quantitative estimate of drug-likeness (QED) is 0.455. The maximum atomic E-state index is 10.00. The zero-order chi connectivity index (χ0) is 13.5. The minimum atomic E-state index is -1.08. The van der Waals surface area contributed by atoms with Gasteiger partial charge in [-0.3, -0.25) is 0 Å². The molecular weight excluding hydrogens is 288 g/mol. The molecule has 0 heterocycles. The molecule has 0 aliphatic heterocycles. The van der Waals surface area contributed by atoms with E-state index in [0.717, 1.165) is 19.9 Å². The van der Waals surface area contributed by atoms with E-state index in [1.165, 1.54) is 32.1 Å². The number of carboxylic acids is 2. The van der Waals surface area contributed by atoms with Crippen molar-refractivity contribution >= 4 is 11.9 Å².